The highest BCUT2D eigenvalue weighted by Gasteiger charge is 2.25. The molecule has 2 aliphatic rings. The fourth-order valence-electron chi connectivity index (χ4n) is 3.18. The zero-order valence-electron chi connectivity index (χ0n) is 10.2. The van der Waals surface area contributed by atoms with E-state index in [9.17, 15) is 5.11 Å². The van der Waals surface area contributed by atoms with E-state index in [1.165, 1.54) is 24.0 Å². The first-order valence-electron chi connectivity index (χ1n) is 6.77. The van der Waals surface area contributed by atoms with Crippen molar-refractivity contribution in [2.75, 3.05) is 6.61 Å². The summed E-state index contributed by atoms with van der Waals surface area (Å²) in [5, 5.41) is 9.93. The molecule has 1 fully saturated rings. The molecule has 1 aromatic carbocycles. The number of hydrogen-bond donors (Lipinski definition) is 1. The van der Waals surface area contributed by atoms with Crippen LogP contribution in [0.15, 0.2) is 18.2 Å². The predicted molar refractivity (Wildman–Crippen MR) is 67.5 cm³/mol. The molecule has 1 aliphatic carbocycles. The van der Waals surface area contributed by atoms with Crippen LogP contribution in [0.25, 0.3) is 0 Å². The molecule has 1 heterocycles. The SMILES string of the molecule is OC1CCCCC(c2cccc3c2OCC3)C1. The fourth-order valence-corrected chi connectivity index (χ4v) is 3.18. The Balaban J connectivity index is 1.90. The molecule has 0 bridgehead atoms. The third-order valence-electron chi connectivity index (χ3n) is 4.08. The maximum atomic E-state index is 9.93. The van der Waals surface area contributed by atoms with Crippen LogP contribution in [-0.4, -0.2) is 17.8 Å². The topological polar surface area (TPSA) is 29.5 Å². The molecule has 0 amide bonds. The summed E-state index contributed by atoms with van der Waals surface area (Å²) in [6, 6.07) is 6.49. The Kier molecular flexibility index (Phi) is 3.06. The van der Waals surface area contributed by atoms with Crippen LogP contribution in [0, 0.1) is 0 Å². The number of ether oxygens (including phenoxy) is 1. The van der Waals surface area contributed by atoms with Gasteiger partial charge in [-0.3, -0.25) is 0 Å². The third kappa shape index (κ3) is 2.19. The normalized spacial score (nSPS) is 28.3. The van der Waals surface area contributed by atoms with Crippen LogP contribution in [0.4, 0.5) is 0 Å². The molecule has 0 saturated heterocycles. The van der Waals surface area contributed by atoms with Crippen molar-refractivity contribution in [1.82, 2.24) is 0 Å². The zero-order valence-corrected chi connectivity index (χ0v) is 10.2. The molecule has 1 aliphatic heterocycles. The van der Waals surface area contributed by atoms with Gasteiger partial charge in [-0.15, -0.1) is 0 Å². The van der Waals surface area contributed by atoms with Gasteiger partial charge in [0.25, 0.3) is 0 Å². The lowest BCUT2D eigenvalue weighted by molar-refractivity contribution is 0.151. The number of rotatable bonds is 1. The number of aliphatic hydroxyl groups is 1. The van der Waals surface area contributed by atoms with Crippen molar-refractivity contribution in [3.05, 3.63) is 29.3 Å². The van der Waals surface area contributed by atoms with Gasteiger partial charge in [0.1, 0.15) is 5.75 Å². The molecule has 0 radical (unpaired) electrons. The largest absolute Gasteiger partial charge is 0.493 e. The highest BCUT2D eigenvalue weighted by Crippen LogP contribution is 2.40. The van der Waals surface area contributed by atoms with Gasteiger partial charge in [0.2, 0.25) is 0 Å². The second-order valence-electron chi connectivity index (χ2n) is 5.30. The summed E-state index contributed by atoms with van der Waals surface area (Å²) in [5.41, 5.74) is 2.68. The average molecular weight is 232 g/mol. The standard InChI is InChI=1S/C15H20O2/c16-13-6-2-1-4-12(10-13)14-7-3-5-11-8-9-17-15(11)14/h3,5,7,12-13,16H,1-2,4,6,8-10H2. The lowest BCUT2D eigenvalue weighted by Crippen LogP contribution is -2.10. The minimum atomic E-state index is -0.125. The Hall–Kier alpha value is -1.02. The molecule has 3 rings (SSSR count). The summed E-state index contributed by atoms with van der Waals surface area (Å²) in [7, 11) is 0. The Bertz CT molecular complexity index is 400. The Morgan fingerprint density at radius 2 is 2.06 bits per heavy atom. The number of benzene rings is 1. The molecule has 2 atom stereocenters. The van der Waals surface area contributed by atoms with E-state index < -0.39 is 0 Å². The fraction of sp³-hybridized carbons (Fsp3) is 0.600. The quantitative estimate of drug-likeness (QED) is 0.754. The first-order chi connectivity index (χ1) is 8.34. The van der Waals surface area contributed by atoms with Gasteiger partial charge in [-0.2, -0.15) is 0 Å². The zero-order chi connectivity index (χ0) is 11.7. The molecular formula is C15H20O2. The second kappa shape index (κ2) is 4.69. The van der Waals surface area contributed by atoms with Gasteiger partial charge in [0, 0.05) is 6.42 Å². The molecule has 1 aromatic rings. The first-order valence-corrected chi connectivity index (χ1v) is 6.77. The summed E-state index contributed by atoms with van der Waals surface area (Å²) in [6.45, 7) is 0.821. The highest BCUT2D eigenvalue weighted by molar-refractivity contribution is 5.45. The third-order valence-corrected chi connectivity index (χ3v) is 4.08. The number of aliphatic hydroxyl groups excluding tert-OH is 1. The van der Waals surface area contributed by atoms with Gasteiger partial charge < -0.3 is 9.84 Å². The van der Waals surface area contributed by atoms with Crippen LogP contribution >= 0.6 is 0 Å². The monoisotopic (exact) mass is 232 g/mol. The molecule has 2 nitrogen and oxygen atoms in total. The van der Waals surface area contributed by atoms with Crippen LogP contribution in [0.1, 0.15) is 49.1 Å². The van der Waals surface area contributed by atoms with Crippen molar-refractivity contribution < 1.29 is 9.84 Å². The van der Waals surface area contributed by atoms with Crippen molar-refractivity contribution in [3.63, 3.8) is 0 Å². The highest BCUT2D eigenvalue weighted by atomic mass is 16.5. The van der Waals surface area contributed by atoms with Gasteiger partial charge in [0.05, 0.1) is 12.7 Å². The summed E-state index contributed by atoms with van der Waals surface area (Å²) in [5.74, 6) is 1.60. The number of hydrogen-bond acceptors (Lipinski definition) is 2. The van der Waals surface area contributed by atoms with Gasteiger partial charge >= 0.3 is 0 Å². The lowest BCUT2D eigenvalue weighted by Gasteiger charge is -2.19. The van der Waals surface area contributed by atoms with E-state index in [1.807, 2.05) is 0 Å². The molecular weight excluding hydrogens is 212 g/mol. The molecule has 2 unspecified atom stereocenters. The molecule has 1 saturated carbocycles. The van der Waals surface area contributed by atoms with Crippen LogP contribution in [0.3, 0.4) is 0 Å². The van der Waals surface area contributed by atoms with Gasteiger partial charge in [-0.25, -0.2) is 0 Å². The van der Waals surface area contributed by atoms with Gasteiger partial charge in [0.15, 0.2) is 0 Å². The van der Waals surface area contributed by atoms with E-state index in [-0.39, 0.29) is 6.10 Å². The molecule has 2 heteroatoms. The van der Waals surface area contributed by atoms with E-state index in [4.69, 9.17) is 4.74 Å². The maximum Gasteiger partial charge on any atom is 0.126 e. The van der Waals surface area contributed by atoms with E-state index in [0.29, 0.717) is 5.92 Å². The first kappa shape index (κ1) is 11.1. The van der Waals surface area contributed by atoms with Crippen molar-refractivity contribution in [2.45, 2.75) is 50.5 Å². The number of para-hydroxylation sites is 1. The smallest absolute Gasteiger partial charge is 0.126 e. The lowest BCUT2D eigenvalue weighted by atomic mass is 9.89. The average Bonchev–Trinajstić information content (AvgIpc) is 2.71. The summed E-state index contributed by atoms with van der Waals surface area (Å²) < 4.78 is 5.78. The predicted octanol–water partition coefficient (Wildman–Crippen LogP) is 3.03. The van der Waals surface area contributed by atoms with Crippen LogP contribution in [0.5, 0.6) is 5.75 Å². The van der Waals surface area contributed by atoms with Crippen molar-refractivity contribution >= 4 is 0 Å². The minimum absolute atomic E-state index is 0.125. The van der Waals surface area contributed by atoms with Crippen molar-refractivity contribution in [2.24, 2.45) is 0 Å². The molecule has 1 N–H and O–H groups in total. The summed E-state index contributed by atoms with van der Waals surface area (Å²) >= 11 is 0. The minimum Gasteiger partial charge on any atom is -0.493 e. The summed E-state index contributed by atoms with van der Waals surface area (Å²) in [4.78, 5) is 0. The molecule has 92 valence electrons. The van der Waals surface area contributed by atoms with Crippen LogP contribution < -0.4 is 4.74 Å². The van der Waals surface area contributed by atoms with Crippen LogP contribution in [-0.2, 0) is 6.42 Å². The second-order valence-corrected chi connectivity index (χ2v) is 5.30. The Labute approximate surface area is 103 Å². The number of fused-ring (bicyclic) bond motifs is 1. The summed E-state index contributed by atoms with van der Waals surface area (Å²) in [6.07, 6.45) is 6.36. The van der Waals surface area contributed by atoms with Gasteiger partial charge in [-0.05, 0) is 36.3 Å². The van der Waals surface area contributed by atoms with E-state index >= 15 is 0 Å². The molecule has 0 spiro atoms. The van der Waals surface area contributed by atoms with Gasteiger partial charge in [-0.1, -0.05) is 31.0 Å². The Morgan fingerprint density at radius 1 is 1.18 bits per heavy atom. The van der Waals surface area contributed by atoms with Crippen molar-refractivity contribution in [3.8, 4) is 5.75 Å². The maximum absolute atomic E-state index is 9.93. The van der Waals surface area contributed by atoms with E-state index in [1.54, 1.807) is 0 Å². The Morgan fingerprint density at radius 3 is 3.00 bits per heavy atom. The van der Waals surface area contributed by atoms with E-state index in [2.05, 4.69) is 18.2 Å². The molecule has 0 aromatic heterocycles. The van der Waals surface area contributed by atoms with Crippen molar-refractivity contribution in [1.29, 1.82) is 0 Å². The molecule has 17 heavy (non-hydrogen) atoms. The van der Waals surface area contributed by atoms with Crippen LogP contribution in [0.2, 0.25) is 0 Å². The van der Waals surface area contributed by atoms with E-state index in [0.717, 1.165) is 38.0 Å².